The van der Waals surface area contributed by atoms with Crippen LogP contribution in [0.5, 0.6) is 0 Å². The Morgan fingerprint density at radius 3 is 2.60 bits per heavy atom. The lowest BCUT2D eigenvalue weighted by molar-refractivity contribution is -0.141. The van der Waals surface area contributed by atoms with E-state index in [4.69, 9.17) is 10.8 Å². The van der Waals surface area contributed by atoms with E-state index in [0.717, 1.165) is 32.1 Å². The molecule has 1 saturated carbocycles. The first-order valence-corrected chi connectivity index (χ1v) is 7.07. The van der Waals surface area contributed by atoms with Crippen LogP contribution in [0.15, 0.2) is 0 Å². The van der Waals surface area contributed by atoms with Gasteiger partial charge in [-0.25, -0.2) is 9.59 Å². The number of rotatable bonds is 4. The molecule has 1 aliphatic heterocycles. The van der Waals surface area contributed by atoms with Gasteiger partial charge in [0.2, 0.25) is 5.91 Å². The van der Waals surface area contributed by atoms with Gasteiger partial charge < -0.3 is 21.1 Å². The molecule has 2 fully saturated rings. The van der Waals surface area contributed by atoms with Gasteiger partial charge in [0.05, 0.1) is 6.42 Å². The molecular weight excluding hydrogens is 262 g/mol. The van der Waals surface area contributed by atoms with Gasteiger partial charge in [-0.05, 0) is 31.6 Å². The van der Waals surface area contributed by atoms with Crippen LogP contribution < -0.4 is 11.1 Å². The normalized spacial score (nSPS) is 26.7. The number of hydrogen-bond acceptors (Lipinski definition) is 3. The quantitative estimate of drug-likeness (QED) is 0.688. The average Bonchev–Trinajstić information content (AvgIpc) is 2.84. The average molecular weight is 283 g/mol. The largest absolute Gasteiger partial charge is 0.480 e. The second-order valence-corrected chi connectivity index (χ2v) is 5.60. The van der Waals surface area contributed by atoms with Crippen LogP contribution in [0.4, 0.5) is 4.79 Å². The minimum absolute atomic E-state index is 0.215. The molecule has 20 heavy (non-hydrogen) atoms. The summed E-state index contributed by atoms with van der Waals surface area (Å²) in [5.41, 5.74) is 5.00. The van der Waals surface area contributed by atoms with Crippen LogP contribution in [-0.2, 0) is 9.59 Å². The lowest BCUT2D eigenvalue weighted by Crippen LogP contribution is -2.54. The predicted octanol–water partition coefficient (Wildman–Crippen LogP) is 0.289. The molecule has 112 valence electrons. The number of carboxylic acid groups (broad SMARTS) is 1. The van der Waals surface area contributed by atoms with Gasteiger partial charge in [-0.2, -0.15) is 0 Å². The van der Waals surface area contributed by atoms with E-state index < -0.39 is 23.9 Å². The van der Waals surface area contributed by atoms with Gasteiger partial charge in [-0.3, -0.25) is 4.79 Å². The number of fused-ring (bicyclic) bond motifs is 1. The first-order valence-electron chi connectivity index (χ1n) is 7.07. The predicted molar refractivity (Wildman–Crippen MR) is 70.8 cm³/mol. The SMILES string of the molecule is NC(=O)C[C@H](NC(=O)N1CCCC2CCCC21)C(=O)O. The zero-order valence-corrected chi connectivity index (χ0v) is 11.4. The summed E-state index contributed by atoms with van der Waals surface area (Å²) in [6, 6.07) is -1.43. The van der Waals surface area contributed by atoms with Crippen molar-refractivity contribution in [2.75, 3.05) is 6.54 Å². The number of nitrogens with zero attached hydrogens (tertiary/aromatic N) is 1. The zero-order chi connectivity index (χ0) is 14.7. The van der Waals surface area contributed by atoms with Crippen LogP contribution in [0.2, 0.25) is 0 Å². The molecule has 0 aromatic rings. The Labute approximate surface area is 117 Å². The van der Waals surface area contributed by atoms with Crippen LogP contribution in [0.3, 0.4) is 0 Å². The second kappa shape index (κ2) is 6.11. The Bertz CT molecular complexity index is 412. The third-order valence-corrected chi connectivity index (χ3v) is 4.26. The molecule has 0 radical (unpaired) electrons. The number of likely N-dealkylation sites (tertiary alicyclic amines) is 1. The van der Waals surface area contributed by atoms with Gasteiger partial charge in [-0.15, -0.1) is 0 Å². The van der Waals surface area contributed by atoms with Gasteiger partial charge in [0, 0.05) is 12.6 Å². The van der Waals surface area contributed by atoms with Crippen LogP contribution >= 0.6 is 0 Å². The highest BCUT2D eigenvalue weighted by molar-refractivity contribution is 5.87. The van der Waals surface area contributed by atoms with Crippen LogP contribution in [0.1, 0.15) is 38.5 Å². The molecule has 4 N–H and O–H groups in total. The summed E-state index contributed by atoms with van der Waals surface area (Å²) in [6.07, 6.45) is 4.93. The van der Waals surface area contributed by atoms with Crippen molar-refractivity contribution in [3.8, 4) is 0 Å². The maximum absolute atomic E-state index is 12.2. The van der Waals surface area contributed by atoms with E-state index in [-0.39, 0.29) is 12.5 Å². The van der Waals surface area contributed by atoms with Crippen molar-refractivity contribution in [2.45, 2.75) is 50.6 Å². The third-order valence-electron chi connectivity index (χ3n) is 4.26. The standard InChI is InChI=1S/C13H21N3O4/c14-11(17)7-9(12(18)19)15-13(20)16-6-2-4-8-3-1-5-10(8)16/h8-10H,1-7H2,(H2,14,17)(H,15,20)(H,18,19)/t8?,9-,10?/m0/s1. The maximum atomic E-state index is 12.2. The molecular formula is C13H21N3O4. The molecule has 2 aliphatic rings. The maximum Gasteiger partial charge on any atom is 0.326 e. The summed E-state index contributed by atoms with van der Waals surface area (Å²) in [7, 11) is 0. The van der Waals surface area contributed by atoms with E-state index in [0.29, 0.717) is 12.5 Å². The van der Waals surface area contributed by atoms with Gasteiger partial charge in [0.1, 0.15) is 6.04 Å². The first-order chi connectivity index (χ1) is 9.49. The smallest absolute Gasteiger partial charge is 0.326 e. The lowest BCUT2D eigenvalue weighted by Gasteiger charge is -2.38. The number of aliphatic carboxylic acids is 1. The van der Waals surface area contributed by atoms with Crippen LogP contribution in [0, 0.1) is 5.92 Å². The Morgan fingerprint density at radius 1 is 1.25 bits per heavy atom. The van der Waals surface area contributed by atoms with E-state index in [1.807, 2.05) is 0 Å². The van der Waals surface area contributed by atoms with Crippen LogP contribution in [0.25, 0.3) is 0 Å². The van der Waals surface area contributed by atoms with Crippen LogP contribution in [-0.4, -0.2) is 46.5 Å². The van der Waals surface area contributed by atoms with Crippen molar-refractivity contribution in [3.63, 3.8) is 0 Å². The fourth-order valence-corrected chi connectivity index (χ4v) is 3.34. The van der Waals surface area contributed by atoms with Gasteiger partial charge in [0.25, 0.3) is 0 Å². The number of urea groups is 1. The fourth-order valence-electron chi connectivity index (χ4n) is 3.34. The molecule has 0 bridgehead atoms. The van der Waals surface area contributed by atoms with E-state index in [1.54, 1.807) is 4.90 Å². The lowest BCUT2D eigenvalue weighted by atomic mass is 9.92. The second-order valence-electron chi connectivity index (χ2n) is 5.60. The van der Waals surface area contributed by atoms with Crippen molar-refractivity contribution in [2.24, 2.45) is 11.7 Å². The Hall–Kier alpha value is -1.79. The van der Waals surface area contributed by atoms with Gasteiger partial charge in [-0.1, -0.05) is 6.42 Å². The number of piperidine rings is 1. The number of nitrogens with one attached hydrogen (secondary N) is 1. The molecule has 0 spiro atoms. The summed E-state index contributed by atoms with van der Waals surface area (Å²) in [5, 5.41) is 11.4. The van der Waals surface area contributed by atoms with Crippen molar-refractivity contribution < 1.29 is 19.5 Å². The van der Waals surface area contributed by atoms with E-state index in [9.17, 15) is 14.4 Å². The van der Waals surface area contributed by atoms with E-state index in [2.05, 4.69) is 5.32 Å². The summed E-state index contributed by atoms with van der Waals surface area (Å²) < 4.78 is 0. The third kappa shape index (κ3) is 3.20. The molecule has 2 rings (SSSR count). The number of carboxylic acids is 1. The summed E-state index contributed by atoms with van der Waals surface area (Å²) in [6.45, 7) is 0.649. The summed E-state index contributed by atoms with van der Waals surface area (Å²) in [4.78, 5) is 35.9. The molecule has 3 atom stereocenters. The topological polar surface area (TPSA) is 113 Å². The number of carbonyl (C=O) groups excluding carboxylic acids is 2. The highest BCUT2D eigenvalue weighted by Crippen LogP contribution is 2.36. The minimum Gasteiger partial charge on any atom is -0.480 e. The molecule has 1 heterocycles. The minimum atomic E-state index is -1.25. The number of nitrogens with two attached hydrogens (primary N) is 1. The number of hydrogen-bond donors (Lipinski definition) is 3. The van der Waals surface area contributed by atoms with Crippen molar-refractivity contribution >= 4 is 17.9 Å². The van der Waals surface area contributed by atoms with E-state index >= 15 is 0 Å². The highest BCUT2D eigenvalue weighted by Gasteiger charge is 2.38. The van der Waals surface area contributed by atoms with Gasteiger partial charge >= 0.3 is 12.0 Å². The molecule has 0 aromatic heterocycles. The van der Waals surface area contributed by atoms with E-state index in [1.165, 1.54) is 0 Å². The molecule has 2 unspecified atom stereocenters. The number of primary amides is 1. The summed E-state index contributed by atoms with van der Waals surface area (Å²) in [5.74, 6) is -1.44. The zero-order valence-electron chi connectivity index (χ0n) is 11.4. The molecule has 7 heteroatoms. The fraction of sp³-hybridized carbons (Fsp3) is 0.769. The first kappa shape index (κ1) is 14.6. The van der Waals surface area contributed by atoms with Crippen molar-refractivity contribution in [1.29, 1.82) is 0 Å². The highest BCUT2D eigenvalue weighted by atomic mass is 16.4. The Kier molecular flexibility index (Phi) is 4.46. The number of carbonyl (C=O) groups is 3. The molecule has 0 aromatic carbocycles. The van der Waals surface area contributed by atoms with Crippen molar-refractivity contribution in [1.82, 2.24) is 10.2 Å². The molecule has 3 amide bonds. The molecule has 7 nitrogen and oxygen atoms in total. The van der Waals surface area contributed by atoms with Crippen molar-refractivity contribution in [3.05, 3.63) is 0 Å². The summed E-state index contributed by atoms with van der Waals surface area (Å²) >= 11 is 0. The molecule has 1 aliphatic carbocycles. The van der Waals surface area contributed by atoms with Gasteiger partial charge in [0.15, 0.2) is 0 Å². The Morgan fingerprint density at radius 2 is 1.95 bits per heavy atom. The molecule has 1 saturated heterocycles. The monoisotopic (exact) mass is 283 g/mol. The Balaban J connectivity index is 1.98. The number of amides is 3.